The number of amides is 2. The summed E-state index contributed by atoms with van der Waals surface area (Å²) in [6.07, 6.45) is -0.923. The van der Waals surface area contributed by atoms with Crippen molar-refractivity contribution < 1.29 is 19.4 Å². The fraction of sp³-hybridized carbons (Fsp3) is 0.778. The van der Waals surface area contributed by atoms with E-state index in [1.807, 2.05) is 5.32 Å². The third-order valence-electron chi connectivity index (χ3n) is 1.32. The molecule has 2 amide bonds. The highest BCUT2D eigenvalue weighted by atomic mass is 16.6. The number of hydrogen-bond donors (Lipinski definition) is 3. The van der Waals surface area contributed by atoms with E-state index in [0.717, 1.165) is 0 Å². The molecule has 6 nitrogen and oxygen atoms in total. The molecule has 0 heterocycles. The molecule has 0 saturated heterocycles. The second-order valence-electron chi connectivity index (χ2n) is 4.20. The Morgan fingerprint density at radius 3 is 2.40 bits per heavy atom. The van der Waals surface area contributed by atoms with Crippen molar-refractivity contribution in [3.05, 3.63) is 0 Å². The molecule has 0 unspecified atom stereocenters. The molecule has 0 rings (SSSR count). The van der Waals surface area contributed by atoms with E-state index < -0.39 is 23.6 Å². The van der Waals surface area contributed by atoms with Gasteiger partial charge in [-0.15, -0.1) is 0 Å². The van der Waals surface area contributed by atoms with Gasteiger partial charge in [-0.1, -0.05) is 0 Å². The lowest BCUT2D eigenvalue weighted by molar-refractivity contribution is -0.121. The Kier molecular flexibility index (Phi) is 5.24. The molecule has 0 radical (unpaired) electrons. The first-order valence-electron chi connectivity index (χ1n) is 4.64. The van der Waals surface area contributed by atoms with Crippen LogP contribution in [0.25, 0.3) is 0 Å². The molecule has 0 fully saturated rings. The summed E-state index contributed by atoms with van der Waals surface area (Å²) in [7, 11) is 0. The van der Waals surface area contributed by atoms with Gasteiger partial charge in [0.15, 0.2) is 0 Å². The van der Waals surface area contributed by atoms with Crippen LogP contribution in [0.1, 0.15) is 27.2 Å². The van der Waals surface area contributed by atoms with Gasteiger partial charge in [-0.2, -0.15) is 0 Å². The van der Waals surface area contributed by atoms with Gasteiger partial charge < -0.3 is 15.6 Å². The van der Waals surface area contributed by atoms with Gasteiger partial charge in [0.2, 0.25) is 5.91 Å². The summed E-state index contributed by atoms with van der Waals surface area (Å²) in [6.45, 7) is 4.77. The second-order valence-corrected chi connectivity index (χ2v) is 4.20. The van der Waals surface area contributed by atoms with Crippen LogP contribution in [0.5, 0.6) is 0 Å². The molecular weight excluding hydrogens is 200 g/mol. The monoisotopic (exact) mass is 218 g/mol. The third kappa shape index (κ3) is 7.90. The van der Waals surface area contributed by atoms with E-state index in [2.05, 4.69) is 0 Å². The molecule has 0 aromatic rings. The van der Waals surface area contributed by atoms with Crippen LogP contribution in [0.3, 0.4) is 0 Å². The maximum Gasteiger partial charge on any atom is 0.414 e. The lowest BCUT2D eigenvalue weighted by Crippen LogP contribution is -2.39. The number of carbonyl (C=O) groups excluding carboxylic acids is 2. The van der Waals surface area contributed by atoms with E-state index in [4.69, 9.17) is 15.6 Å². The largest absolute Gasteiger partial charge is 0.444 e. The topological polar surface area (TPSA) is 102 Å². The van der Waals surface area contributed by atoms with Gasteiger partial charge >= 0.3 is 6.09 Å². The van der Waals surface area contributed by atoms with E-state index in [1.54, 1.807) is 20.8 Å². The van der Waals surface area contributed by atoms with Crippen LogP contribution in [0.15, 0.2) is 0 Å². The maximum absolute atomic E-state index is 11.1. The lowest BCUT2D eigenvalue weighted by Gasteiger charge is -2.19. The minimum atomic E-state index is -0.808. The number of carbonyl (C=O) groups is 2. The van der Waals surface area contributed by atoms with E-state index in [0.29, 0.717) is 0 Å². The smallest absolute Gasteiger partial charge is 0.414 e. The summed E-state index contributed by atoms with van der Waals surface area (Å²) in [5, 5.41) is 10.6. The number of alkyl carbamates (subject to hydrolysis) is 1. The number of imide groups is 1. The van der Waals surface area contributed by atoms with Crippen molar-refractivity contribution in [1.82, 2.24) is 5.32 Å². The first-order chi connectivity index (χ1) is 6.74. The van der Waals surface area contributed by atoms with Crippen LogP contribution in [-0.2, 0) is 9.53 Å². The number of nitrogens with two attached hydrogens (primary N) is 1. The van der Waals surface area contributed by atoms with E-state index in [-0.39, 0.29) is 13.0 Å². The first kappa shape index (κ1) is 13.9. The van der Waals surface area contributed by atoms with Crippen LogP contribution in [0, 0.1) is 0 Å². The predicted molar refractivity (Wildman–Crippen MR) is 54.1 cm³/mol. The summed E-state index contributed by atoms with van der Waals surface area (Å²) in [5.74, 6) is -0.564. The molecule has 0 aliphatic carbocycles. The number of aliphatic hydroxyl groups excluding tert-OH is 1. The van der Waals surface area contributed by atoms with Gasteiger partial charge in [-0.25, -0.2) is 4.79 Å². The summed E-state index contributed by atoms with van der Waals surface area (Å²) < 4.78 is 4.85. The Bertz CT molecular complexity index is 235. The van der Waals surface area contributed by atoms with Crippen LogP contribution in [0.4, 0.5) is 4.79 Å². The Balaban J connectivity index is 3.92. The Morgan fingerprint density at radius 1 is 1.47 bits per heavy atom. The first-order valence-corrected chi connectivity index (χ1v) is 4.64. The van der Waals surface area contributed by atoms with Gasteiger partial charge in [0, 0.05) is 12.5 Å². The van der Waals surface area contributed by atoms with E-state index in [9.17, 15) is 9.59 Å². The zero-order chi connectivity index (χ0) is 12.1. The molecule has 6 heteroatoms. The molecule has 0 aliphatic heterocycles. The zero-order valence-electron chi connectivity index (χ0n) is 9.24. The standard InChI is InChI=1S/C9H18N2O4/c1-9(2,3)15-8(14)11-7(13)4-6(10)5-12/h6,12H,4-5,10H2,1-3H3,(H,11,13,14)/t6-/m1/s1. The number of nitrogens with one attached hydrogen (secondary N) is 1. The zero-order valence-corrected chi connectivity index (χ0v) is 9.24. The number of aliphatic hydroxyl groups is 1. The Hall–Kier alpha value is -1.14. The fourth-order valence-corrected chi connectivity index (χ4v) is 0.771. The molecule has 1 atom stereocenters. The molecule has 0 bridgehead atoms. The van der Waals surface area contributed by atoms with Gasteiger partial charge in [0.25, 0.3) is 0 Å². The van der Waals surface area contributed by atoms with Crippen molar-refractivity contribution in [2.45, 2.75) is 38.8 Å². The van der Waals surface area contributed by atoms with Gasteiger partial charge in [-0.3, -0.25) is 10.1 Å². The average Bonchev–Trinajstić information content (AvgIpc) is 1.99. The van der Waals surface area contributed by atoms with Crippen LogP contribution in [0.2, 0.25) is 0 Å². The minimum Gasteiger partial charge on any atom is -0.444 e. The molecule has 0 saturated carbocycles. The summed E-state index contributed by atoms with van der Waals surface area (Å²) in [6, 6.07) is -0.660. The highest BCUT2D eigenvalue weighted by Gasteiger charge is 2.18. The van der Waals surface area contributed by atoms with Crippen LogP contribution >= 0.6 is 0 Å². The molecular formula is C9H18N2O4. The van der Waals surface area contributed by atoms with Crippen molar-refractivity contribution in [2.75, 3.05) is 6.61 Å². The van der Waals surface area contributed by atoms with E-state index >= 15 is 0 Å². The SMILES string of the molecule is CC(C)(C)OC(=O)NC(=O)C[C@@H](N)CO. The number of ether oxygens (including phenoxy) is 1. The Labute approximate surface area is 88.8 Å². The fourth-order valence-electron chi connectivity index (χ4n) is 0.771. The third-order valence-corrected chi connectivity index (χ3v) is 1.32. The predicted octanol–water partition coefficient (Wildman–Crippen LogP) is -0.253. The summed E-state index contributed by atoms with van der Waals surface area (Å²) in [5.41, 5.74) is 4.66. The second kappa shape index (κ2) is 5.67. The molecule has 0 aliphatic rings. The highest BCUT2D eigenvalue weighted by molar-refractivity contribution is 5.92. The molecule has 88 valence electrons. The average molecular weight is 218 g/mol. The summed E-state index contributed by atoms with van der Waals surface area (Å²) in [4.78, 5) is 22.2. The van der Waals surface area contributed by atoms with Crippen molar-refractivity contribution in [1.29, 1.82) is 0 Å². The van der Waals surface area contributed by atoms with Gasteiger partial charge in [0.05, 0.1) is 6.61 Å². The molecule has 0 aromatic carbocycles. The van der Waals surface area contributed by atoms with Crippen molar-refractivity contribution in [3.63, 3.8) is 0 Å². The van der Waals surface area contributed by atoms with E-state index in [1.165, 1.54) is 0 Å². The lowest BCUT2D eigenvalue weighted by atomic mass is 10.2. The molecule has 15 heavy (non-hydrogen) atoms. The molecule has 4 N–H and O–H groups in total. The van der Waals surface area contributed by atoms with Crippen molar-refractivity contribution in [2.24, 2.45) is 5.73 Å². The molecule has 0 aromatic heterocycles. The highest BCUT2D eigenvalue weighted by Crippen LogP contribution is 2.06. The quantitative estimate of drug-likeness (QED) is 0.606. The Morgan fingerprint density at radius 2 is 2.00 bits per heavy atom. The number of hydrogen-bond acceptors (Lipinski definition) is 5. The molecule has 0 spiro atoms. The normalized spacial score (nSPS) is 13.1. The van der Waals surface area contributed by atoms with Gasteiger partial charge in [-0.05, 0) is 20.8 Å². The minimum absolute atomic E-state index is 0.115. The number of rotatable bonds is 3. The summed E-state index contributed by atoms with van der Waals surface area (Å²) >= 11 is 0. The maximum atomic E-state index is 11.1. The van der Waals surface area contributed by atoms with Crippen molar-refractivity contribution >= 4 is 12.0 Å². The van der Waals surface area contributed by atoms with Crippen LogP contribution < -0.4 is 11.1 Å². The van der Waals surface area contributed by atoms with Gasteiger partial charge in [0.1, 0.15) is 5.60 Å². The van der Waals surface area contributed by atoms with Crippen molar-refractivity contribution in [3.8, 4) is 0 Å². The van der Waals surface area contributed by atoms with Crippen LogP contribution in [-0.4, -0.2) is 35.4 Å².